The van der Waals surface area contributed by atoms with E-state index in [4.69, 9.17) is 0 Å². The van der Waals surface area contributed by atoms with Crippen LogP contribution in [0.15, 0.2) is 24.3 Å². The molecule has 0 amide bonds. The minimum atomic E-state index is -0.286. The number of hydrogen-bond donors (Lipinski definition) is 1. The molecule has 4 atom stereocenters. The zero-order valence-corrected chi connectivity index (χ0v) is 10.6. The van der Waals surface area contributed by atoms with Gasteiger partial charge in [0.2, 0.25) is 0 Å². The Morgan fingerprint density at radius 1 is 1.31 bits per heavy atom. The van der Waals surface area contributed by atoms with Gasteiger partial charge in [0.15, 0.2) is 0 Å². The van der Waals surface area contributed by atoms with E-state index in [-0.39, 0.29) is 6.10 Å². The molecular formula is C15H24O. The molecule has 0 heterocycles. The molecule has 2 fully saturated rings. The molecule has 0 aromatic heterocycles. The lowest BCUT2D eigenvalue weighted by atomic mass is 9.74. The fourth-order valence-corrected chi connectivity index (χ4v) is 3.69. The Hall–Kier alpha value is -0.560. The van der Waals surface area contributed by atoms with Gasteiger partial charge in [-0.3, -0.25) is 0 Å². The van der Waals surface area contributed by atoms with Crippen molar-refractivity contribution in [3.8, 4) is 0 Å². The molecule has 2 rings (SSSR count). The highest BCUT2D eigenvalue weighted by Gasteiger charge is 2.44. The highest BCUT2D eigenvalue weighted by molar-refractivity contribution is 5.24. The first-order valence-electron chi connectivity index (χ1n) is 6.56. The van der Waals surface area contributed by atoms with Gasteiger partial charge in [0.05, 0.1) is 6.10 Å². The minimum absolute atomic E-state index is 0.286. The maximum absolute atomic E-state index is 10.00. The minimum Gasteiger partial charge on any atom is -0.389 e. The van der Waals surface area contributed by atoms with Crippen LogP contribution < -0.4 is 0 Å². The molecule has 0 aromatic rings. The van der Waals surface area contributed by atoms with Gasteiger partial charge in [-0.25, -0.2) is 0 Å². The average Bonchev–Trinajstić information content (AvgIpc) is 2.42. The van der Waals surface area contributed by atoms with Crippen molar-refractivity contribution in [1.29, 1.82) is 0 Å². The van der Waals surface area contributed by atoms with Gasteiger partial charge in [-0.1, -0.05) is 32.6 Å². The van der Waals surface area contributed by atoms with Gasteiger partial charge in [-0.2, -0.15) is 0 Å². The SMILES string of the molecule is C=C1CCCC(C(C)C)C2C(=C)C(O)CC12. The van der Waals surface area contributed by atoms with Crippen LogP contribution in [0.5, 0.6) is 0 Å². The maximum atomic E-state index is 10.00. The van der Waals surface area contributed by atoms with Gasteiger partial charge < -0.3 is 5.11 Å². The summed E-state index contributed by atoms with van der Waals surface area (Å²) in [5, 5.41) is 10.00. The predicted molar refractivity (Wildman–Crippen MR) is 68.1 cm³/mol. The Kier molecular flexibility index (Phi) is 3.25. The third-order valence-electron chi connectivity index (χ3n) is 4.64. The van der Waals surface area contributed by atoms with Crippen molar-refractivity contribution in [2.75, 3.05) is 0 Å². The molecule has 0 aromatic carbocycles. The van der Waals surface area contributed by atoms with E-state index in [0.717, 1.165) is 18.4 Å². The van der Waals surface area contributed by atoms with Gasteiger partial charge >= 0.3 is 0 Å². The first-order chi connectivity index (χ1) is 7.52. The van der Waals surface area contributed by atoms with Gasteiger partial charge in [-0.05, 0) is 54.9 Å². The van der Waals surface area contributed by atoms with Crippen LogP contribution in [0, 0.1) is 23.7 Å². The molecule has 1 nitrogen and oxygen atoms in total. The topological polar surface area (TPSA) is 20.2 Å². The monoisotopic (exact) mass is 220 g/mol. The van der Waals surface area contributed by atoms with Gasteiger partial charge in [0.25, 0.3) is 0 Å². The fraction of sp³-hybridized carbons (Fsp3) is 0.733. The third kappa shape index (κ3) is 1.86. The van der Waals surface area contributed by atoms with E-state index >= 15 is 0 Å². The summed E-state index contributed by atoms with van der Waals surface area (Å²) in [6.07, 6.45) is 4.25. The van der Waals surface area contributed by atoms with E-state index < -0.39 is 0 Å². The molecule has 16 heavy (non-hydrogen) atoms. The second-order valence-corrected chi connectivity index (χ2v) is 5.92. The molecule has 1 heteroatoms. The third-order valence-corrected chi connectivity index (χ3v) is 4.64. The van der Waals surface area contributed by atoms with Crippen molar-refractivity contribution in [3.63, 3.8) is 0 Å². The van der Waals surface area contributed by atoms with Crippen molar-refractivity contribution in [2.45, 2.75) is 45.6 Å². The summed E-state index contributed by atoms with van der Waals surface area (Å²) in [6, 6.07) is 0. The number of allylic oxidation sites excluding steroid dienone is 1. The zero-order valence-electron chi connectivity index (χ0n) is 10.6. The first-order valence-corrected chi connectivity index (χ1v) is 6.56. The number of fused-ring (bicyclic) bond motifs is 1. The van der Waals surface area contributed by atoms with Gasteiger partial charge in [0, 0.05) is 0 Å². The van der Waals surface area contributed by atoms with Gasteiger partial charge in [0.1, 0.15) is 0 Å². The maximum Gasteiger partial charge on any atom is 0.0756 e. The van der Waals surface area contributed by atoms with Crippen LogP contribution in [0.3, 0.4) is 0 Å². The van der Waals surface area contributed by atoms with Crippen molar-refractivity contribution >= 4 is 0 Å². The van der Waals surface area contributed by atoms with E-state index in [1.165, 1.54) is 18.4 Å². The van der Waals surface area contributed by atoms with Crippen LogP contribution in [-0.4, -0.2) is 11.2 Å². The molecule has 1 N–H and O–H groups in total. The Bertz CT molecular complexity index is 303. The highest BCUT2D eigenvalue weighted by Crippen LogP contribution is 2.50. The Morgan fingerprint density at radius 2 is 2.00 bits per heavy atom. The van der Waals surface area contributed by atoms with Crippen molar-refractivity contribution in [2.24, 2.45) is 23.7 Å². The number of aliphatic hydroxyl groups is 1. The quantitative estimate of drug-likeness (QED) is 0.670. The Balaban J connectivity index is 2.30. The lowest BCUT2D eigenvalue weighted by Crippen LogP contribution is -2.23. The van der Waals surface area contributed by atoms with E-state index in [2.05, 4.69) is 27.0 Å². The molecule has 2 aliphatic rings. The predicted octanol–water partition coefficient (Wildman–Crippen LogP) is 3.55. The first kappa shape index (κ1) is 11.9. The van der Waals surface area contributed by atoms with Crippen LogP contribution in [0.25, 0.3) is 0 Å². The lowest BCUT2D eigenvalue weighted by molar-refractivity contribution is 0.210. The summed E-state index contributed by atoms with van der Waals surface area (Å²) in [5.41, 5.74) is 2.43. The molecule has 0 aliphatic heterocycles. The highest BCUT2D eigenvalue weighted by atomic mass is 16.3. The summed E-state index contributed by atoms with van der Waals surface area (Å²) in [4.78, 5) is 0. The molecule has 2 aliphatic carbocycles. The van der Waals surface area contributed by atoms with Crippen LogP contribution in [0.1, 0.15) is 39.5 Å². The lowest BCUT2D eigenvalue weighted by Gasteiger charge is -2.30. The Morgan fingerprint density at radius 3 is 2.62 bits per heavy atom. The molecule has 90 valence electrons. The summed E-state index contributed by atoms with van der Waals surface area (Å²) in [5.74, 6) is 2.36. The standard InChI is InChI=1S/C15H24O/c1-9(2)12-7-5-6-10(3)13-8-14(16)11(4)15(12)13/h9,12-16H,3-8H2,1-2H3. The van der Waals surface area contributed by atoms with Gasteiger partial charge in [-0.15, -0.1) is 0 Å². The number of rotatable bonds is 1. The molecule has 0 spiro atoms. The molecule has 0 radical (unpaired) electrons. The summed E-state index contributed by atoms with van der Waals surface area (Å²) in [6.45, 7) is 13.0. The average molecular weight is 220 g/mol. The molecular weight excluding hydrogens is 196 g/mol. The van der Waals surface area contributed by atoms with E-state index in [1.54, 1.807) is 0 Å². The van der Waals surface area contributed by atoms with Crippen LogP contribution >= 0.6 is 0 Å². The van der Waals surface area contributed by atoms with Crippen LogP contribution in [-0.2, 0) is 0 Å². The largest absolute Gasteiger partial charge is 0.389 e. The normalized spacial score (nSPS) is 40.0. The zero-order chi connectivity index (χ0) is 11.9. The van der Waals surface area contributed by atoms with Crippen LogP contribution in [0.4, 0.5) is 0 Å². The summed E-state index contributed by atoms with van der Waals surface area (Å²) in [7, 11) is 0. The summed E-state index contributed by atoms with van der Waals surface area (Å²) < 4.78 is 0. The van der Waals surface area contributed by atoms with Crippen LogP contribution in [0.2, 0.25) is 0 Å². The molecule has 0 saturated heterocycles. The molecule has 4 unspecified atom stereocenters. The second-order valence-electron chi connectivity index (χ2n) is 5.92. The molecule has 2 saturated carbocycles. The van der Waals surface area contributed by atoms with Crippen molar-refractivity contribution < 1.29 is 5.11 Å². The van der Waals surface area contributed by atoms with Crippen molar-refractivity contribution in [3.05, 3.63) is 24.3 Å². The number of hydrogen-bond acceptors (Lipinski definition) is 1. The second kappa shape index (κ2) is 4.37. The van der Waals surface area contributed by atoms with E-state index in [9.17, 15) is 5.11 Å². The Labute approximate surface area is 99.3 Å². The van der Waals surface area contributed by atoms with E-state index in [1.807, 2.05) is 0 Å². The molecule has 0 bridgehead atoms. The smallest absolute Gasteiger partial charge is 0.0756 e. The van der Waals surface area contributed by atoms with Crippen molar-refractivity contribution in [1.82, 2.24) is 0 Å². The summed E-state index contributed by atoms with van der Waals surface area (Å²) >= 11 is 0. The fourth-order valence-electron chi connectivity index (χ4n) is 3.69. The van der Waals surface area contributed by atoms with E-state index in [0.29, 0.717) is 23.7 Å². The number of aliphatic hydroxyl groups excluding tert-OH is 1.